The van der Waals surface area contributed by atoms with Crippen LogP contribution in [0.3, 0.4) is 0 Å². The number of nitrogens with zero attached hydrogens (tertiary/aromatic N) is 1. The molecule has 5 N–H and O–H groups in total. The first-order valence-corrected chi connectivity index (χ1v) is 7.05. The van der Waals surface area contributed by atoms with E-state index in [1.807, 2.05) is 0 Å². The standard InChI is InChI=1S/C9H20N4O5S/c1-5(2)7(8(10)11-15)12-19(16,17)13-9(14)18-6(3)4/h5-7,12,15H,1-4H3,(H2,10,11)(H,13,14). The number of carbonyl (C=O) groups is 1. The molecule has 0 heterocycles. The van der Waals surface area contributed by atoms with Crippen molar-refractivity contribution < 1.29 is 23.2 Å². The van der Waals surface area contributed by atoms with Gasteiger partial charge in [-0.2, -0.15) is 13.1 Å². The maximum absolute atomic E-state index is 11.6. The maximum atomic E-state index is 11.6. The topological polar surface area (TPSA) is 143 Å². The molecule has 1 atom stereocenters. The Morgan fingerprint density at radius 2 is 1.84 bits per heavy atom. The van der Waals surface area contributed by atoms with Crippen molar-refractivity contribution in [1.82, 2.24) is 9.44 Å². The van der Waals surface area contributed by atoms with Crippen molar-refractivity contribution in [2.45, 2.75) is 39.8 Å². The highest BCUT2D eigenvalue weighted by Gasteiger charge is 2.26. The van der Waals surface area contributed by atoms with Crippen molar-refractivity contribution in [2.24, 2.45) is 16.8 Å². The molecule has 9 nitrogen and oxygen atoms in total. The van der Waals surface area contributed by atoms with Crippen LogP contribution in [-0.2, 0) is 14.9 Å². The van der Waals surface area contributed by atoms with Gasteiger partial charge in [0.1, 0.15) is 0 Å². The Balaban J connectivity index is 4.79. The summed E-state index contributed by atoms with van der Waals surface area (Å²) in [6.45, 7) is 6.48. The first-order chi connectivity index (χ1) is 8.59. The Morgan fingerprint density at radius 3 is 2.21 bits per heavy atom. The highest BCUT2D eigenvalue weighted by atomic mass is 32.2. The second-order valence-electron chi connectivity index (χ2n) is 4.42. The quantitative estimate of drug-likeness (QED) is 0.230. The van der Waals surface area contributed by atoms with Gasteiger partial charge in [-0.3, -0.25) is 0 Å². The highest BCUT2D eigenvalue weighted by Crippen LogP contribution is 2.03. The van der Waals surface area contributed by atoms with E-state index >= 15 is 0 Å². The fourth-order valence-corrected chi connectivity index (χ4v) is 2.20. The summed E-state index contributed by atoms with van der Waals surface area (Å²) in [4.78, 5) is 11.2. The van der Waals surface area contributed by atoms with Gasteiger partial charge in [0.25, 0.3) is 0 Å². The molecule has 0 rings (SSSR count). The Kier molecular flexibility index (Phi) is 6.56. The van der Waals surface area contributed by atoms with Crippen molar-refractivity contribution in [2.75, 3.05) is 0 Å². The number of nitrogens with one attached hydrogen (secondary N) is 2. The zero-order valence-corrected chi connectivity index (χ0v) is 12.1. The summed E-state index contributed by atoms with van der Waals surface area (Å²) in [5.41, 5.74) is 5.37. The Labute approximate surface area is 112 Å². The number of amidine groups is 1. The van der Waals surface area contributed by atoms with Gasteiger partial charge in [-0.1, -0.05) is 19.0 Å². The smallest absolute Gasteiger partial charge is 0.422 e. The second-order valence-corrected chi connectivity index (χ2v) is 5.87. The van der Waals surface area contributed by atoms with Gasteiger partial charge in [0.2, 0.25) is 0 Å². The lowest BCUT2D eigenvalue weighted by Crippen LogP contribution is -2.52. The van der Waals surface area contributed by atoms with Gasteiger partial charge < -0.3 is 15.7 Å². The minimum absolute atomic E-state index is 0.284. The normalized spacial score (nSPS) is 14.5. The van der Waals surface area contributed by atoms with E-state index < -0.39 is 28.4 Å². The summed E-state index contributed by atoms with van der Waals surface area (Å²) < 4.78 is 31.7. The van der Waals surface area contributed by atoms with Crippen LogP contribution in [0.2, 0.25) is 0 Å². The predicted molar refractivity (Wildman–Crippen MR) is 68.8 cm³/mol. The van der Waals surface area contributed by atoms with Crippen molar-refractivity contribution in [3.05, 3.63) is 0 Å². The number of hydrogen-bond acceptors (Lipinski definition) is 6. The average molecular weight is 296 g/mol. The molecule has 0 aliphatic carbocycles. The lowest BCUT2D eigenvalue weighted by Gasteiger charge is -2.20. The molecule has 10 heteroatoms. The molecule has 112 valence electrons. The maximum Gasteiger partial charge on any atom is 0.422 e. The molecule has 0 aliphatic heterocycles. The molecule has 0 aromatic heterocycles. The van der Waals surface area contributed by atoms with E-state index in [9.17, 15) is 13.2 Å². The number of hydrogen-bond donors (Lipinski definition) is 4. The molecule has 0 fully saturated rings. The van der Waals surface area contributed by atoms with Crippen LogP contribution in [0, 0.1) is 5.92 Å². The Hall–Kier alpha value is -1.55. The average Bonchev–Trinajstić information content (AvgIpc) is 2.22. The Bertz CT molecular complexity index is 432. The minimum atomic E-state index is -4.17. The molecule has 19 heavy (non-hydrogen) atoms. The fourth-order valence-electron chi connectivity index (χ4n) is 1.14. The molecule has 0 aromatic rings. The van der Waals surface area contributed by atoms with Gasteiger partial charge in [-0.05, 0) is 19.8 Å². The van der Waals surface area contributed by atoms with E-state index in [1.165, 1.54) is 0 Å². The fraction of sp³-hybridized carbons (Fsp3) is 0.778. The lowest BCUT2D eigenvalue weighted by atomic mass is 10.1. The summed E-state index contributed by atoms with van der Waals surface area (Å²) in [5.74, 6) is -0.591. The summed E-state index contributed by atoms with van der Waals surface area (Å²) in [7, 11) is -4.17. The van der Waals surface area contributed by atoms with Crippen LogP contribution in [0.25, 0.3) is 0 Å². The molecule has 0 aliphatic rings. The number of amides is 1. The summed E-state index contributed by atoms with van der Waals surface area (Å²) in [5, 5.41) is 11.3. The number of carbonyl (C=O) groups excluding carboxylic acids is 1. The molecular weight excluding hydrogens is 276 g/mol. The summed E-state index contributed by atoms with van der Waals surface area (Å²) in [6.07, 6.45) is -1.57. The molecule has 0 bridgehead atoms. The third-order valence-electron chi connectivity index (χ3n) is 1.94. The van der Waals surface area contributed by atoms with E-state index in [0.29, 0.717) is 0 Å². The number of ether oxygens (including phenoxy) is 1. The van der Waals surface area contributed by atoms with E-state index in [-0.39, 0.29) is 11.8 Å². The van der Waals surface area contributed by atoms with Gasteiger partial charge in [0, 0.05) is 0 Å². The molecule has 0 saturated heterocycles. The third kappa shape index (κ3) is 6.82. The molecule has 1 unspecified atom stereocenters. The largest absolute Gasteiger partial charge is 0.446 e. The molecule has 1 amide bonds. The number of rotatable bonds is 6. The van der Waals surface area contributed by atoms with Crippen molar-refractivity contribution >= 4 is 22.1 Å². The summed E-state index contributed by atoms with van der Waals surface area (Å²) in [6, 6.07) is -0.950. The third-order valence-corrected chi connectivity index (χ3v) is 2.94. The summed E-state index contributed by atoms with van der Waals surface area (Å²) >= 11 is 0. The van der Waals surface area contributed by atoms with Crippen LogP contribution in [0.15, 0.2) is 5.16 Å². The first kappa shape index (κ1) is 17.4. The molecule has 0 aromatic carbocycles. The zero-order chi connectivity index (χ0) is 15.2. The first-order valence-electron chi connectivity index (χ1n) is 5.57. The molecule has 0 spiro atoms. The molecular formula is C9H20N4O5S. The zero-order valence-electron chi connectivity index (χ0n) is 11.2. The van der Waals surface area contributed by atoms with Gasteiger partial charge in [0.15, 0.2) is 5.84 Å². The van der Waals surface area contributed by atoms with E-state index in [1.54, 1.807) is 32.4 Å². The van der Waals surface area contributed by atoms with Crippen LogP contribution in [0.4, 0.5) is 4.79 Å². The van der Waals surface area contributed by atoms with Gasteiger partial charge in [0.05, 0.1) is 12.1 Å². The number of oxime groups is 1. The van der Waals surface area contributed by atoms with Crippen LogP contribution in [0.5, 0.6) is 0 Å². The van der Waals surface area contributed by atoms with Gasteiger partial charge >= 0.3 is 16.3 Å². The van der Waals surface area contributed by atoms with Gasteiger partial charge in [-0.15, -0.1) is 0 Å². The van der Waals surface area contributed by atoms with Crippen molar-refractivity contribution in [3.8, 4) is 0 Å². The SMILES string of the molecule is CC(C)OC(=O)NS(=O)(=O)NC(C(N)=NO)C(C)C. The number of nitrogens with two attached hydrogens (primary N) is 1. The van der Waals surface area contributed by atoms with E-state index in [4.69, 9.17) is 10.9 Å². The van der Waals surface area contributed by atoms with Crippen LogP contribution < -0.4 is 15.2 Å². The van der Waals surface area contributed by atoms with E-state index in [0.717, 1.165) is 0 Å². The van der Waals surface area contributed by atoms with Crippen molar-refractivity contribution in [1.29, 1.82) is 0 Å². The minimum Gasteiger partial charge on any atom is -0.446 e. The Morgan fingerprint density at radius 1 is 1.32 bits per heavy atom. The van der Waals surface area contributed by atoms with Crippen LogP contribution in [0.1, 0.15) is 27.7 Å². The van der Waals surface area contributed by atoms with Crippen LogP contribution >= 0.6 is 0 Å². The second kappa shape index (κ2) is 7.14. The van der Waals surface area contributed by atoms with E-state index in [2.05, 4.69) is 14.6 Å². The highest BCUT2D eigenvalue weighted by molar-refractivity contribution is 7.88. The molecule has 0 saturated carbocycles. The lowest BCUT2D eigenvalue weighted by molar-refractivity contribution is 0.121. The van der Waals surface area contributed by atoms with Crippen molar-refractivity contribution in [3.63, 3.8) is 0 Å². The van der Waals surface area contributed by atoms with Gasteiger partial charge in [-0.25, -0.2) is 9.52 Å². The van der Waals surface area contributed by atoms with Crippen LogP contribution in [-0.4, -0.2) is 37.7 Å². The predicted octanol–water partition coefficient (Wildman–Crippen LogP) is -0.274. The molecule has 0 radical (unpaired) electrons. The monoisotopic (exact) mass is 296 g/mol.